The highest BCUT2D eigenvalue weighted by Crippen LogP contribution is 2.40. The first kappa shape index (κ1) is 27.3. The summed E-state index contributed by atoms with van der Waals surface area (Å²) in [5.41, 5.74) is 2.55. The van der Waals surface area contributed by atoms with Gasteiger partial charge >= 0.3 is 5.97 Å². The van der Waals surface area contributed by atoms with Crippen molar-refractivity contribution in [1.29, 1.82) is 0 Å². The van der Waals surface area contributed by atoms with Crippen molar-refractivity contribution in [1.82, 2.24) is 19.6 Å². The van der Waals surface area contributed by atoms with Crippen LogP contribution in [0.3, 0.4) is 0 Å². The van der Waals surface area contributed by atoms with Gasteiger partial charge in [0.05, 0.1) is 11.8 Å². The van der Waals surface area contributed by atoms with Crippen molar-refractivity contribution in [2.75, 3.05) is 32.7 Å². The summed E-state index contributed by atoms with van der Waals surface area (Å²) in [6.07, 6.45) is 8.04. The van der Waals surface area contributed by atoms with Gasteiger partial charge in [0.15, 0.2) is 0 Å². The number of benzene rings is 1. The van der Waals surface area contributed by atoms with E-state index < -0.39 is 17.9 Å². The second-order valence-electron chi connectivity index (χ2n) is 12.2. The fourth-order valence-electron chi connectivity index (χ4n) is 6.63. The molecule has 3 atom stereocenters. The summed E-state index contributed by atoms with van der Waals surface area (Å²) < 4.78 is 30.7. The fraction of sp³-hybridized carbons (Fsp3) is 0.667. The highest BCUT2D eigenvalue weighted by Gasteiger charge is 2.42. The summed E-state index contributed by atoms with van der Waals surface area (Å²) in [5, 5.41) is 13.9. The van der Waals surface area contributed by atoms with E-state index in [1.807, 2.05) is 0 Å². The maximum Gasteiger partial charge on any atom is 0.320 e. The van der Waals surface area contributed by atoms with Crippen LogP contribution < -0.4 is 0 Å². The Kier molecular flexibility index (Phi) is 8.19. The number of halogens is 2. The molecular weight excluding hydrogens is 486 g/mol. The number of nitrogens with zero attached hydrogens (tertiary/aromatic N) is 4. The number of carboxylic acids is 1. The number of carbonyl (C=O) groups is 1. The van der Waals surface area contributed by atoms with E-state index in [2.05, 4.69) is 46.1 Å². The molecule has 208 valence electrons. The molecule has 5 rings (SSSR count). The molecule has 0 bridgehead atoms. The van der Waals surface area contributed by atoms with Gasteiger partial charge in [-0.05, 0) is 69.0 Å². The van der Waals surface area contributed by atoms with Gasteiger partial charge in [-0.3, -0.25) is 14.4 Å². The Bertz CT molecular complexity index is 1090. The molecule has 3 unspecified atom stereocenters. The predicted octanol–water partition coefficient (Wildman–Crippen LogP) is 5.28. The molecule has 1 N–H and O–H groups in total. The highest BCUT2D eigenvalue weighted by molar-refractivity contribution is 5.73. The monoisotopic (exact) mass is 528 g/mol. The average molecular weight is 529 g/mol. The van der Waals surface area contributed by atoms with Crippen molar-refractivity contribution in [2.24, 2.45) is 24.8 Å². The zero-order chi connectivity index (χ0) is 26.9. The van der Waals surface area contributed by atoms with Crippen LogP contribution >= 0.6 is 0 Å². The summed E-state index contributed by atoms with van der Waals surface area (Å²) in [7, 11) is 1.66. The molecule has 2 aromatic rings. The first-order chi connectivity index (χ1) is 18.2. The third-order valence-electron chi connectivity index (χ3n) is 9.11. The van der Waals surface area contributed by atoms with Crippen LogP contribution in [0, 0.1) is 24.7 Å². The quantitative estimate of drug-likeness (QED) is 0.430. The fourth-order valence-corrected chi connectivity index (χ4v) is 6.63. The largest absolute Gasteiger partial charge is 0.480 e. The molecule has 0 amide bonds. The van der Waals surface area contributed by atoms with Crippen LogP contribution in [0.4, 0.5) is 8.78 Å². The molecule has 38 heavy (non-hydrogen) atoms. The summed E-state index contributed by atoms with van der Waals surface area (Å²) >= 11 is 0. The van der Waals surface area contributed by atoms with E-state index in [0.717, 1.165) is 64.8 Å². The molecule has 1 aliphatic carbocycles. The van der Waals surface area contributed by atoms with E-state index in [0.29, 0.717) is 30.1 Å². The first-order valence-corrected chi connectivity index (χ1v) is 14.3. The highest BCUT2D eigenvalue weighted by atomic mass is 19.3. The molecule has 0 radical (unpaired) electrons. The molecular formula is C30H42F2N4O2. The Balaban J connectivity index is 1.18. The lowest BCUT2D eigenvalue weighted by Crippen LogP contribution is -2.42. The lowest BCUT2D eigenvalue weighted by molar-refractivity contribution is -0.143. The molecule has 3 aliphatic rings. The molecule has 8 heteroatoms. The van der Waals surface area contributed by atoms with Crippen LogP contribution in [0.1, 0.15) is 67.6 Å². The van der Waals surface area contributed by atoms with Crippen LogP contribution in [-0.2, 0) is 17.8 Å². The molecule has 3 fully saturated rings. The zero-order valence-corrected chi connectivity index (χ0v) is 22.7. The summed E-state index contributed by atoms with van der Waals surface area (Å²) in [5.74, 6) is -1.96. The maximum absolute atomic E-state index is 14.6. The Morgan fingerprint density at radius 3 is 2.55 bits per heavy atom. The SMILES string of the molecule is Cc1cccc(C2CN(C(CC3CC3)C(=O)O)CC2CN2CCC(CCC(F)(F)c3cnn(C)c3)CC2)c1. The first-order valence-electron chi connectivity index (χ1n) is 14.3. The lowest BCUT2D eigenvalue weighted by Gasteiger charge is -2.35. The van der Waals surface area contributed by atoms with E-state index in [1.54, 1.807) is 7.05 Å². The van der Waals surface area contributed by atoms with Crippen LogP contribution in [0.25, 0.3) is 0 Å². The smallest absolute Gasteiger partial charge is 0.320 e. The second-order valence-corrected chi connectivity index (χ2v) is 12.2. The number of aromatic nitrogens is 2. The van der Waals surface area contributed by atoms with Crippen molar-refractivity contribution in [3.63, 3.8) is 0 Å². The van der Waals surface area contributed by atoms with Crippen molar-refractivity contribution in [3.05, 3.63) is 53.3 Å². The number of hydrogen-bond acceptors (Lipinski definition) is 4. The van der Waals surface area contributed by atoms with E-state index in [4.69, 9.17) is 0 Å². The topological polar surface area (TPSA) is 61.6 Å². The number of carboxylic acid groups (broad SMARTS) is 1. The van der Waals surface area contributed by atoms with Crippen LogP contribution in [-0.4, -0.2) is 69.4 Å². The lowest BCUT2D eigenvalue weighted by atomic mass is 9.86. The normalized spacial score (nSPS) is 24.6. The van der Waals surface area contributed by atoms with E-state index in [-0.39, 0.29) is 12.0 Å². The van der Waals surface area contributed by atoms with E-state index >= 15 is 0 Å². The Hall–Kier alpha value is -2.32. The van der Waals surface area contributed by atoms with Gasteiger partial charge in [0, 0.05) is 45.2 Å². The standard InChI is InChI=1S/C30H42F2N4O2/c1-21-4-3-5-24(14-21)27-20-36(28(29(37)38)15-23-6-7-23)18-25(27)17-35-12-9-22(10-13-35)8-11-30(31,32)26-16-33-34(2)19-26/h3-5,14,16,19,22-23,25,27-28H,6-13,15,17-18,20H2,1-2H3,(H,37,38). The van der Waals surface area contributed by atoms with Gasteiger partial charge < -0.3 is 10.0 Å². The molecule has 2 saturated heterocycles. The second kappa shape index (κ2) is 11.4. The van der Waals surface area contributed by atoms with Gasteiger partial charge in [-0.2, -0.15) is 5.10 Å². The van der Waals surface area contributed by atoms with Crippen LogP contribution in [0.5, 0.6) is 0 Å². The van der Waals surface area contributed by atoms with Crippen molar-refractivity contribution >= 4 is 5.97 Å². The van der Waals surface area contributed by atoms with Crippen molar-refractivity contribution in [3.8, 4) is 0 Å². The minimum absolute atomic E-state index is 0.00626. The number of alkyl halides is 2. The molecule has 6 nitrogen and oxygen atoms in total. The van der Waals surface area contributed by atoms with Crippen molar-refractivity contribution < 1.29 is 18.7 Å². The Morgan fingerprint density at radius 1 is 1.16 bits per heavy atom. The predicted molar refractivity (Wildman–Crippen MR) is 143 cm³/mol. The number of aryl methyl sites for hydroxylation is 2. The number of aliphatic carboxylic acids is 1. The van der Waals surface area contributed by atoms with E-state index in [1.165, 1.54) is 28.2 Å². The summed E-state index contributed by atoms with van der Waals surface area (Å²) in [6, 6.07) is 8.27. The molecule has 3 heterocycles. The Labute approximate surface area is 225 Å². The van der Waals surface area contributed by atoms with E-state index in [9.17, 15) is 18.7 Å². The molecule has 1 aromatic heterocycles. The summed E-state index contributed by atoms with van der Waals surface area (Å²) in [6.45, 7) is 6.48. The number of likely N-dealkylation sites (tertiary alicyclic amines) is 2. The molecule has 2 aliphatic heterocycles. The van der Waals surface area contributed by atoms with Gasteiger partial charge in [0.25, 0.3) is 5.92 Å². The third kappa shape index (κ3) is 6.63. The minimum atomic E-state index is -2.83. The van der Waals surface area contributed by atoms with Crippen LogP contribution in [0.2, 0.25) is 0 Å². The summed E-state index contributed by atoms with van der Waals surface area (Å²) in [4.78, 5) is 16.9. The molecule has 1 aromatic carbocycles. The third-order valence-corrected chi connectivity index (χ3v) is 9.11. The molecule has 0 spiro atoms. The minimum Gasteiger partial charge on any atom is -0.480 e. The van der Waals surface area contributed by atoms with Gasteiger partial charge in [-0.15, -0.1) is 0 Å². The number of piperidine rings is 1. The van der Waals surface area contributed by atoms with Crippen LogP contribution in [0.15, 0.2) is 36.7 Å². The average Bonchev–Trinajstić information content (AvgIpc) is 3.44. The van der Waals surface area contributed by atoms with Gasteiger partial charge in [-0.1, -0.05) is 42.7 Å². The maximum atomic E-state index is 14.6. The van der Waals surface area contributed by atoms with Crippen molar-refractivity contribution in [2.45, 2.75) is 69.8 Å². The van der Waals surface area contributed by atoms with Gasteiger partial charge in [-0.25, -0.2) is 8.78 Å². The number of hydrogen-bond donors (Lipinski definition) is 1. The zero-order valence-electron chi connectivity index (χ0n) is 22.7. The molecule has 1 saturated carbocycles. The Morgan fingerprint density at radius 2 is 1.92 bits per heavy atom. The number of rotatable bonds is 11. The van der Waals surface area contributed by atoms with Gasteiger partial charge in [0.2, 0.25) is 0 Å². The van der Waals surface area contributed by atoms with Gasteiger partial charge in [0.1, 0.15) is 6.04 Å².